The van der Waals surface area contributed by atoms with Gasteiger partial charge in [-0.2, -0.15) is 0 Å². The van der Waals surface area contributed by atoms with Crippen LogP contribution in [-0.4, -0.2) is 24.2 Å². The first-order valence-corrected chi connectivity index (χ1v) is 13.5. The number of hydrogen-bond acceptors (Lipinski definition) is 4. The summed E-state index contributed by atoms with van der Waals surface area (Å²) >= 11 is 0. The maximum atomic E-state index is 12.3. The number of nitrogens with zero attached hydrogens (tertiary/aromatic N) is 2. The maximum Gasteiger partial charge on any atom is 0.319 e. The van der Waals surface area contributed by atoms with Crippen molar-refractivity contribution in [1.29, 1.82) is 0 Å². The number of ether oxygens (including phenoxy) is 2. The Kier molecular flexibility index (Phi) is 8.42. The Balaban J connectivity index is 1.49. The van der Waals surface area contributed by atoms with E-state index >= 15 is 0 Å². The lowest BCUT2D eigenvalue weighted by molar-refractivity contribution is 0.200. The third-order valence-corrected chi connectivity index (χ3v) is 7.40. The van der Waals surface area contributed by atoms with Gasteiger partial charge < -0.3 is 15.2 Å². The zero-order valence-electron chi connectivity index (χ0n) is 22.3. The molecule has 0 bridgehead atoms. The normalized spacial score (nSPS) is 14.1. The summed E-state index contributed by atoms with van der Waals surface area (Å²) in [6.45, 7) is 0.383. The highest BCUT2D eigenvalue weighted by Crippen LogP contribution is 2.37. The van der Waals surface area contributed by atoms with Gasteiger partial charge in [0.05, 0.1) is 19.8 Å². The van der Waals surface area contributed by atoms with Crippen LogP contribution in [0.15, 0.2) is 97.3 Å². The molecule has 6 heteroatoms. The molecule has 1 aliphatic rings. The number of nitrogens with two attached hydrogens (primary N) is 1. The second-order valence-electron chi connectivity index (χ2n) is 10.1. The zero-order valence-corrected chi connectivity index (χ0v) is 22.3. The molecule has 4 aromatic rings. The molecule has 2 N–H and O–H groups in total. The van der Waals surface area contributed by atoms with Crippen molar-refractivity contribution in [3.8, 4) is 11.5 Å². The van der Waals surface area contributed by atoms with Crippen LogP contribution in [0.2, 0.25) is 0 Å². The number of aromatic nitrogens is 1. The van der Waals surface area contributed by atoms with Crippen molar-refractivity contribution in [2.24, 2.45) is 5.73 Å². The highest BCUT2D eigenvalue weighted by molar-refractivity contribution is 5.90. The van der Waals surface area contributed by atoms with Crippen LogP contribution < -0.4 is 20.1 Å². The van der Waals surface area contributed by atoms with Gasteiger partial charge in [-0.05, 0) is 90.8 Å². The third kappa shape index (κ3) is 6.58. The van der Waals surface area contributed by atoms with Crippen molar-refractivity contribution in [1.82, 2.24) is 4.98 Å². The Bertz CT molecular complexity index is 1370. The van der Waals surface area contributed by atoms with Crippen molar-refractivity contribution < 1.29 is 14.3 Å². The van der Waals surface area contributed by atoms with Gasteiger partial charge in [0.25, 0.3) is 0 Å². The number of hydrogen-bond donors (Lipinski definition) is 1. The van der Waals surface area contributed by atoms with Crippen LogP contribution in [0.4, 0.5) is 10.5 Å². The Morgan fingerprint density at radius 1 is 0.897 bits per heavy atom. The zero-order chi connectivity index (χ0) is 27.0. The van der Waals surface area contributed by atoms with Crippen LogP contribution in [0.5, 0.6) is 11.5 Å². The lowest BCUT2D eigenvalue weighted by atomic mass is 9.85. The van der Waals surface area contributed by atoms with Gasteiger partial charge in [0.1, 0.15) is 0 Å². The summed E-state index contributed by atoms with van der Waals surface area (Å²) in [6.07, 6.45) is 9.24. The van der Waals surface area contributed by atoms with Crippen molar-refractivity contribution in [2.45, 2.75) is 50.7 Å². The van der Waals surface area contributed by atoms with E-state index in [1.807, 2.05) is 60.9 Å². The molecule has 39 heavy (non-hydrogen) atoms. The highest BCUT2D eigenvalue weighted by atomic mass is 16.5. The molecule has 3 aromatic carbocycles. The Morgan fingerprint density at radius 2 is 1.64 bits per heavy atom. The summed E-state index contributed by atoms with van der Waals surface area (Å²) in [5.41, 5.74) is 11.0. The van der Waals surface area contributed by atoms with E-state index in [2.05, 4.69) is 41.4 Å². The summed E-state index contributed by atoms with van der Waals surface area (Å²) in [5.74, 6) is 1.60. The molecular weight excluding hydrogens is 486 g/mol. The summed E-state index contributed by atoms with van der Waals surface area (Å²) in [7, 11) is 1.69. The fraction of sp³-hybridized carbons (Fsp3) is 0.273. The molecule has 1 unspecified atom stereocenters. The molecule has 1 aliphatic carbocycles. The number of amides is 2. The first kappa shape index (κ1) is 26.3. The summed E-state index contributed by atoms with van der Waals surface area (Å²) in [5, 5.41) is 0. The largest absolute Gasteiger partial charge is 0.493 e. The molecule has 6 nitrogen and oxygen atoms in total. The molecule has 0 spiro atoms. The van der Waals surface area contributed by atoms with E-state index in [0.29, 0.717) is 6.54 Å². The second-order valence-corrected chi connectivity index (χ2v) is 10.1. The highest BCUT2D eigenvalue weighted by Gasteiger charge is 2.22. The summed E-state index contributed by atoms with van der Waals surface area (Å²) in [4.78, 5) is 18.1. The van der Waals surface area contributed by atoms with E-state index in [0.717, 1.165) is 53.1 Å². The predicted molar refractivity (Wildman–Crippen MR) is 154 cm³/mol. The molecule has 1 saturated carbocycles. The first-order valence-electron chi connectivity index (χ1n) is 13.5. The van der Waals surface area contributed by atoms with E-state index in [4.69, 9.17) is 15.2 Å². The quantitative estimate of drug-likeness (QED) is 0.247. The Hall–Kier alpha value is -4.32. The van der Waals surface area contributed by atoms with Gasteiger partial charge in [-0.25, -0.2) is 4.79 Å². The lowest BCUT2D eigenvalue weighted by Gasteiger charge is -2.24. The molecular formula is C33H35N3O3. The van der Waals surface area contributed by atoms with Crippen LogP contribution in [0, 0.1) is 0 Å². The monoisotopic (exact) mass is 521 g/mol. The number of rotatable bonds is 10. The standard InChI is InChI=1S/C33H35N3O3/c1-38-31-15-14-27(22-32(31)39-29-12-5-6-13-29)30(21-24-16-18-35-19-17-24)26-9-7-8-25(20-26)23-36(33(34)37)28-10-3-2-4-11-28/h2-4,7-11,14-20,22,29-30H,5-6,12-13,21,23H2,1H3,(H2,34,37). The van der Waals surface area contributed by atoms with Crippen molar-refractivity contribution in [3.05, 3.63) is 120 Å². The molecule has 0 radical (unpaired) electrons. The summed E-state index contributed by atoms with van der Waals surface area (Å²) < 4.78 is 12.1. The van der Waals surface area contributed by atoms with Crippen LogP contribution in [0.25, 0.3) is 0 Å². The van der Waals surface area contributed by atoms with E-state index in [1.54, 1.807) is 12.0 Å². The minimum atomic E-state index is -0.483. The summed E-state index contributed by atoms with van der Waals surface area (Å²) in [6, 6.07) is 27.8. The van der Waals surface area contributed by atoms with Gasteiger partial charge in [0.2, 0.25) is 0 Å². The average Bonchev–Trinajstić information content (AvgIpc) is 3.49. The number of benzene rings is 3. The molecule has 200 valence electrons. The number of para-hydroxylation sites is 1. The molecule has 1 fully saturated rings. The fourth-order valence-electron chi connectivity index (χ4n) is 5.37. The number of pyridine rings is 1. The maximum absolute atomic E-state index is 12.3. The molecule has 0 saturated heterocycles. The predicted octanol–water partition coefficient (Wildman–Crippen LogP) is 6.87. The lowest BCUT2D eigenvalue weighted by Crippen LogP contribution is -2.35. The molecule has 2 amide bonds. The number of primary amides is 1. The molecule has 1 atom stereocenters. The minimum absolute atomic E-state index is 0.0583. The van der Waals surface area contributed by atoms with Gasteiger partial charge in [0, 0.05) is 24.0 Å². The van der Waals surface area contributed by atoms with Gasteiger partial charge in [0.15, 0.2) is 11.5 Å². The van der Waals surface area contributed by atoms with Gasteiger partial charge >= 0.3 is 6.03 Å². The number of methoxy groups -OCH3 is 1. The molecule has 0 aliphatic heterocycles. The number of carbonyl (C=O) groups excluding carboxylic acids is 1. The first-order chi connectivity index (χ1) is 19.1. The minimum Gasteiger partial charge on any atom is -0.493 e. The van der Waals surface area contributed by atoms with Gasteiger partial charge in [-0.15, -0.1) is 0 Å². The van der Waals surface area contributed by atoms with E-state index < -0.39 is 6.03 Å². The Labute approximate surface area is 230 Å². The van der Waals surface area contributed by atoms with Crippen molar-refractivity contribution in [2.75, 3.05) is 12.0 Å². The van der Waals surface area contributed by atoms with Crippen LogP contribution >= 0.6 is 0 Å². The molecule has 1 heterocycles. The van der Waals surface area contributed by atoms with Gasteiger partial charge in [-0.1, -0.05) is 48.5 Å². The van der Waals surface area contributed by atoms with Crippen LogP contribution in [0.3, 0.4) is 0 Å². The van der Waals surface area contributed by atoms with E-state index in [9.17, 15) is 4.79 Å². The average molecular weight is 522 g/mol. The van der Waals surface area contributed by atoms with Gasteiger partial charge in [-0.3, -0.25) is 9.88 Å². The number of anilines is 1. The smallest absolute Gasteiger partial charge is 0.319 e. The van der Waals surface area contributed by atoms with Crippen molar-refractivity contribution in [3.63, 3.8) is 0 Å². The Morgan fingerprint density at radius 3 is 2.36 bits per heavy atom. The SMILES string of the molecule is COc1ccc(C(Cc2ccncc2)c2cccc(CN(C(N)=O)c3ccccc3)c2)cc1OC1CCCC1. The van der Waals surface area contributed by atoms with E-state index in [-0.39, 0.29) is 12.0 Å². The third-order valence-electron chi connectivity index (χ3n) is 7.40. The van der Waals surface area contributed by atoms with E-state index in [1.165, 1.54) is 18.4 Å². The van der Waals surface area contributed by atoms with Crippen LogP contribution in [-0.2, 0) is 13.0 Å². The molecule has 1 aromatic heterocycles. The fourth-order valence-corrected chi connectivity index (χ4v) is 5.37. The topological polar surface area (TPSA) is 77.7 Å². The number of urea groups is 1. The van der Waals surface area contributed by atoms with Crippen molar-refractivity contribution >= 4 is 11.7 Å². The number of carbonyl (C=O) groups is 1. The second kappa shape index (κ2) is 12.5. The molecule has 5 rings (SSSR count). The van der Waals surface area contributed by atoms with Crippen LogP contribution in [0.1, 0.15) is 53.9 Å².